The zero-order valence-electron chi connectivity index (χ0n) is 11.5. The summed E-state index contributed by atoms with van der Waals surface area (Å²) in [5.74, 6) is 1.05. The van der Waals surface area contributed by atoms with E-state index in [9.17, 15) is 9.90 Å². The molecule has 1 amide bonds. The van der Waals surface area contributed by atoms with Gasteiger partial charge in [-0.2, -0.15) is 5.26 Å². The fraction of sp³-hybridized carbons (Fsp3) is 0.125. The van der Waals surface area contributed by atoms with Crippen LogP contribution in [0.3, 0.4) is 0 Å². The van der Waals surface area contributed by atoms with Crippen LogP contribution in [0.5, 0.6) is 5.75 Å². The molecule has 1 aromatic carbocycles. The quantitative estimate of drug-likeness (QED) is 0.666. The van der Waals surface area contributed by atoms with Gasteiger partial charge < -0.3 is 14.8 Å². The minimum Gasteiger partial charge on any atom is -0.508 e. The molecule has 0 fully saturated rings. The maximum absolute atomic E-state index is 11.9. The van der Waals surface area contributed by atoms with Crippen molar-refractivity contribution in [2.45, 2.75) is 13.5 Å². The van der Waals surface area contributed by atoms with Crippen LogP contribution < -0.4 is 5.32 Å². The molecule has 0 aliphatic heterocycles. The van der Waals surface area contributed by atoms with Crippen LogP contribution in [-0.2, 0) is 11.3 Å². The maximum atomic E-state index is 11.9. The van der Waals surface area contributed by atoms with Crippen molar-refractivity contribution in [3.05, 3.63) is 59.1 Å². The Kier molecular flexibility index (Phi) is 4.42. The van der Waals surface area contributed by atoms with Gasteiger partial charge in [-0.1, -0.05) is 12.1 Å². The first kappa shape index (κ1) is 14.4. The number of furan rings is 1. The number of nitriles is 1. The lowest BCUT2D eigenvalue weighted by atomic mass is 10.1. The summed E-state index contributed by atoms with van der Waals surface area (Å²) < 4.78 is 5.33. The lowest BCUT2D eigenvalue weighted by Crippen LogP contribution is -2.23. The molecule has 2 rings (SSSR count). The SMILES string of the molecule is Cc1ccc(CNC(=O)/C(C#N)=C/c2ccc(O)cc2)o1. The second-order valence-corrected chi connectivity index (χ2v) is 4.46. The van der Waals surface area contributed by atoms with E-state index in [0.717, 1.165) is 5.76 Å². The highest BCUT2D eigenvalue weighted by molar-refractivity contribution is 6.01. The molecular formula is C16H14N2O3. The van der Waals surface area contributed by atoms with Crippen molar-refractivity contribution in [3.63, 3.8) is 0 Å². The Morgan fingerprint density at radius 2 is 2.05 bits per heavy atom. The first-order chi connectivity index (χ1) is 10.1. The van der Waals surface area contributed by atoms with Gasteiger partial charge in [0, 0.05) is 0 Å². The third kappa shape index (κ3) is 3.98. The lowest BCUT2D eigenvalue weighted by Gasteiger charge is -2.02. The number of amides is 1. The van der Waals surface area contributed by atoms with Crippen LogP contribution in [0.15, 0.2) is 46.4 Å². The molecule has 0 spiro atoms. The number of benzene rings is 1. The number of aryl methyl sites for hydroxylation is 1. The minimum absolute atomic E-state index is 0.0102. The van der Waals surface area contributed by atoms with E-state index in [0.29, 0.717) is 11.3 Å². The van der Waals surface area contributed by atoms with Crippen LogP contribution in [0, 0.1) is 18.3 Å². The standard InChI is InChI=1S/C16H14N2O3/c1-11-2-7-15(21-11)10-18-16(20)13(9-17)8-12-3-5-14(19)6-4-12/h2-8,19H,10H2,1H3,(H,18,20)/b13-8+. The number of carbonyl (C=O) groups excluding carboxylic acids is 1. The molecule has 0 saturated heterocycles. The molecule has 0 unspecified atom stereocenters. The van der Waals surface area contributed by atoms with E-state index in [1.54, 1.807) is 24.3 Å². The molecule has 2 aromatic rings. The Morgan fingerprint density at radius 1 is 1.33 bits per heavy atom. The molecule has 0 aliphatic rings. The molecule has 0 aliphatic carbocycles. The van der Waals surface area contributed by atoms with Crippen LogP contribution in [0.2, 0.25) is 0 Å². The predicted octanol–water partition coefficient (Wildman–Crippen LogP) is 2.52. The van der Waals surface area contributed by atoms with Gasteiger partial charge >= 0.3 is 0 Å². The molecule has 106 valence electrons. The molecule has 1 heterocycles. The van der Waals surface area contributed by atoms with Gasteiger partial charge in [-0.25, -0.2) is 0 Å². The van der Waals surface area contributed by atoms with Gasteiger partial charge in [0.15, 0.2) is 0 Å². The van der Waals surface area contributed by atoms with E-state index < -0.39 is 5.91 Å². The van der Waals surface area contributed by atoms with Gasteiger partial charge in [0.25, 0.3) is 5.91 Å². The average Bonchev–Trinajstić information content (AvgIpc) is 2.90. The second-order valence-electron chi connectivity index (χ2n) is 4.46. The predicted molar refractivity (Wildman–Crippen MR) is 77.0 cm³/mol. The largest absolute Gasteiger partial charge is 0.508 e. The van der Waals surface area contributed by atoms with Crippen molar-refractivity contribution in [3.8, 4) is 11.8 Å². The summed E-state index contributed by atoms with van der Waals surface area (Å²) in [5, 5.41) is 20.9. The Balaban J connectivity index is 2.04. The highest BCUT2D eigenvalue weighted by atomic mass is 16.3. The number of phenols is 1. The topological polar surface area (TPSA) is 86.3 Å². The zero-order chi connectivity index (χ0) is 15.2. The molecule has 5 nitrogen and oxygen atoms in total. The molecule has 0 atom stereocenters. The Morgan fingerprint density at radius 3 is 2.62 bits per heavy atom. The first-order valence-corrected chi connectivity index (χ1v) is 6.33. The number of nitrogens with one attached hydrogen (secondary N) is 1. The van der Waals surface area contributed by atoms with E-state index >= 15 is 0 Å². The maximum Gasteiger partial charge on any atom is 0.262 e. The summed E-state index contributed by atoms with van der Waals surface area (Å²) in [4.78, 5) is 11.9. The fourth-order valence-corrected chi connectivity index (χ4v) is 1.73. The number of hydrogen-bond acceptors (Lipinski definition) is 4. The second kappa shape index (κ2) is 6.44. The summed E-state index contributed by atoms with van der Waals surface area (Å²) in [6.07, 6.45) is 1.46. The van der Waals surface area contributed by atoms with Crippen LogP contribution in [0.4, 0.5) is 0 Å². The molecule has 1 aromatic heterocycles. The van der Waals surface area contributed by atoms with Gasteiger partial charge in [-0.3, -0.25) is 4.79 Å². The molecule has 5 heteroatoms. The summed E-state index contributed by atoms with van der Waals surface area (Å²) in [6, 6.07) is 11.7. The summed E-state index contributed by atoms with van der Waals surface area (Å²) in [5.41, 5.74) is 0.650. The van der Waals surface area contributed by atoms with Crippen molar-refractivity contribution in [1.82, 2.24) is 5.32 Å². The molecule has 21 heavy (non-hydrogen) atoms. The number of phenolic OH excluding ortho intramolecular Hbond substituents is 1. The summed E-state index contributed by atoms with van der Waals surface area (Å²) in [6.45, 7) is 2.04. The van der Waals surface area contributed by atoms with Crippen LogP contribution >= 0.6 is 0 Å². The smallest absolute Gasteiger partial charge is 0.262 e. The number of hydrogen-bond donors (Lipinski definition) is 2. The normalized spacial score (nSPS) is 11.0. The summed E-state index contributed by atoms with van der Waals surface area (Å²) in [7, 11) is 0. The molecule has 0 radical (unpaired) electrons. The van der Waals surface area contributed by atoms with Crippen LogP contribution in [0.1, 0.15) is 17.1 Å². The van der Waals surface area contributed by atoms with E-state index in [1.807, 2.05) is 13.0 Å². The number of aromatic hydroxyl groups is 1. The number of rotatable bonds is 4. The van der Waals surface area contributed by atoms with Gasteiger partial charge in [0.1, 0.15) is 28.9 Å². The van der Waals surface area contributed by atoms with Crippen LogP contribution in [0.25, 0.3) is 6.08 Å². The third-order valence-corrected chi connectivity index (χ3v) is 2.79. The van der Waals surface area contributed by atoms with E-state index in [4.69, 9.17) is 9.68 Å². The van der Waals surface area contributed by atoms with E-state index in [1.165, 1.54) is 18.2 Å². The van der Waals surface area contributed by atoms with E-state index in [2.05, 4.69) is 5.32 Å². The molecule has 2 N–H and O–H groups in total. The monoisotopic (exact) mass is 282 g/mol. The Bertz CT molecular complexity index is 706. The average molecular weight is 282 g/mol. The Hall–Kier alpha value is -3.00. The fourth-order valence-electron chi connectivity index (χ4n) is 1.73. The van der Waals surface area contributed by atoms with Crippen molar-refractivity contribution >= 4 is 12.0 Å². The van der Waals surface area contributed by atoms with Gasteiger partial charge in [-0.05, 0) is 42.8 Å². The number of carbonyl (C=O) groups is 1. The van der Waals surface area contributed by atoms with Crippen LogP contribution in [-0.4, -0.2) is 11.0 Å². The van der Waals surface area contributed by atoms with Crippen molar-refractivity contribution < 1.29 is 14.3 Å². The van der Waals surface area contributed by atoms with Crippen molar-refractivity contribution in [2.75, 3.05) is 0 Å². The summed E-state index contributed by atoms with van der Waals surface area (Å²) >= 11 is 0. The van der Waals surface area contributed by atoms with E-state index in [-0.39, 0.29) is 17.9 Å². The number of nitrogens with zero attached hydrogens (tertiary/aromatic N) is 1. The Labute approximate surface area is 122 Å². The highest BCUT2D eigenvalue weighted by Crippen LogP contribution is 2.13. The van der Waals surface area contributed by atoms with Gasteiger partial charge in [-0.15, -0.1) is 0 Å². The highest BCUT2D eigenvalue weighted by Gasteiger charge is 2.09. The van der Waals surface area contributed by atoms with Gasteiger partial charge in [0.2, 0.25) is 0 Å². The van der Waals surface area contributed by atoms with Crippen molar-refractivity contribution in [1.29, 1.82) is 5.26 Å². The third-order valence-electron chi connectivity index (χ3n) is 2.79. The molecule has 0 bridgehead atoms. The molecule has 0 saturated carbocycles. The molecular weight excluding hydrogens is 268 g/mol. The minimum atomic E-state index is -0.473. The lowest BCUT2D eigenvalue weighted by molar-refractivity contribution is -0.117. The first-order valence-electron chi connectivity index (χ1n) is 6.33. The zero-order valence-corrected chi connectivity index (χ0v) is 11.5. The van der Waals surface area contributed by atoms with Gasteiger partial charge in [0.05, 0.1) is 6.54 Å². The van der Waals surface area contributed by atoms with Crippen molar-refractivity contribution in [2.24, 2.45) is 0 Å².